The van der Waals surface area contributed by atoms with Gasteiger partial charge < -0.3 is 20.1 Å². The molecule has 0 amide bonds. The summed E-state index contributed by atoms with van der Waals surface area (Å²) < 4.78 is 2.24. The number of para-hydroxylation sites is 1. The third-order valence-corrected chi connectivity index (χ3v) is 7.14. The van der Waals surface area contributed by atoms with Crippen LogP contribution in [0.2, 0.25) is 0 Å². The second kappa shape index (κ2) is 10.5. The van der Waals surface area contributed by atoms with Crippen LogP contribution in [0, 0.1) is 20.8 Å². The Morgan fingerprint density at radius 1 is 0.972 bits per heavy atom. The Morgan fingerprint density at radius 2 is 1.78 bits per heavy atom. The summed E-state index contributed by atoms with van der Waals surface area (Å²) >= 11 is 5.88. The molecule has 6 nitrogen and oxygen atoms in total. The maximum absolute atomic E-state index is 5.88. The van der Waals surface area contributed by atoms with Crippen LogP contribution in [0.15, 0.2) is 79.1 Å². The van der Waals surface area contributed by atoms with Crippen LogP contribution in [-0.4, -0.2) is 37.6 Å². The summed E-state index contributed by atoms with van der Waals surface area (Å²) in [7, 11) is 0. The zero-order valence-corrected chi connectivity index (χ0v) is 21.8. The highest BCUT2D eigenvalue weighted by Gasteiger charge is 2.41. The van der Waals surface area contributed by atoms with E-state index in [-0.39, 0.29) is 12.1 Å². The van der Waals surface area contributed by atoms with Crippen LogP contribution in [-0.2, 0) is 0 Å². The minimum atomic E-state index is -0.0271. The largest absolute Gasteiger partial charge is 0.385 e. The third-order valence-electron chi connectivity index (χ3n) is 6.79. The standard InChI is InChI=1S/C29H32N6S/c1-20-13-14-26(32-19-20)35-21(2)18-24(22(35)3)28-27(25-12-7-8-15-31-25)33-29(36)34(28)17-9-16-30-23-10-5-4-6-11-23/h4-8,10-15,18-19,27-28,30H,9,16-17H2,1-3H3,(H,33,36)/t27-,28+/m1/s1. The van der Waals surface area contributed by atoms with Crippen molar-refractivity contribution < 1.29 is 0 Å². The van der Waals surface area contributed by atoms with Crippen LogP contribution in [0.1, 0.15) is 46.7 Å². The Kier molecular flexibility index (Phi) is 7.00. The SMILES string of the molecule is Cc1ccc(-n2c(C)cc([C@H]3[C@@H](c4ccccn4)NC(=S)N3CCCNc3ccccc3)c2C)nc1. The molecule has 2 N–H and O–H groups in total. The van der Waals surface area contributed by atoms with E-state index in [0.717, 1.165) is 53.1 Å². The lowest BCUT2D eigenvalue weighted by Crippen LogP contribution is -2.31. The molecule has 0 bridgehead atoms. The van der Waals surface area contributed by atoms with Gasteiger partial charge in [0.2, 0.25) is 0 Å². The summed E-state index contributed by atoms with van der Waals surface area (Å²) in [5.74, 6) is 0.934. The van der Waals surface area contributed by atoms with Crippen LogP contribution in [0.3, 0.4) is 0 Å². The van der Waals surface area contributed by atoms with Crippen molar-refractivity contribution >= 4 is 23.0 Å². The van der Waals surface area contributed by atoms with Gasteiger partial charge in [0.05, 0.1) is 17.8 Å². The molecule has 0 spiro atoms. The van der Waals surface area contributed by atoms with Crippen LogP contribution in [0.4, 0.5) is 5.69 Å². The second-order valence-electron chi connectivity index (χ2n) is 9.32. The average molecular weight is 497 g/mol. The molecule has 7 heteroatoms. The monoisotopic (exact) mass is 496 g/mol. The highest BCUT2D eigenvalue weighted by molar-refractivity contribution is 7.80. The first-order valence-corrected chi connectivity index (χ1v) is 12.8. The number of thiocarbonyl (C=S) groups is 1. The van der Waals surface area contributed by atoms with Gasteiger partial charge in [-0.1, -0.05) is 30.3 Å². The number of nitrogens with one attached hydrogen (secondary N) is 2. The first kappa shape index (κ1) is 24.0. The molecule has 1 fully saturated rings. The fraction of sp³-hybridized carbons (Fsp3) is 0.276. The van der Waals surface area contributed by atoms with Crippen LogP contribution >= 0.6 is 12.2 Å². The molecule has 0 unspecified atom stereocenters. The van der Waals surface area contributed by atoms with Gasteiger partial charge in [-0.15, -0.1) is 0 Å². The van der Waals surface area contributed by atoms with Crippen molar-refractivity contribution in [2.75, 3.05) is 18.4 Å². The zero-order valence-electron chi connectivity index (χ0n) is 21.0. The van der Waals surface area contributed by atoms with Crippen molar-refractivity contribution in [3.63, 3.8) is 0 Å². The number of rotatable bonds is 8. The van der Waals surface area contributed by atoms with Crippen molar-refractivity contribution in [1.82, 2.24) is 24.8 Å². The molecule has 0 aliphatic carbocycles. The van der Waals surface area contributed by atoms with Gasteiger partial charge in [-0.25, -0.2) is 4.98 Å². The van der Waals surface area contributed by atoms with Crippen molar-refractivity contribution in [2.45, 2.75) is 39.3 Å². The Bertz CT molecular complexity index is 1320. The van der Waals surface area contributed by atoms with Gasteiger partial charge in [-0.3, -0.25) is 4.98 Å². The highest BCUT2D eigenvalue weighted by atomic mass is 32.1. The molecule has 5 rings (SSSR count). The molecule has 1 aromatic carbocycles. The lowest BCUT2D eigenvalue weighted by Gasteiger charge is -2.28. The summed E-state index contributed by atoms with van der Waals surface area (Å²) in [5.41, 5.74) is 6.85. The topological polar surface area (TPSA) is 58.0 Å². The minimum absolute atomic E-state index is 0.0271. The van der Waals surface area contributed by atoms with Crippen LogP contribution < -0.4 is 10.6 Å². The van der Waals surface area contributed by atoms with Crippen LogP contribution in [0.5, 0.6) is 0 Å². The number of benzene rings is 1. The van der Waals surface area contributed by atoms with Crippen molar-refractivity contribution in [2.24, 2.45) is 0 Å². The number of nitrogens with zero attached hydrogens (tertiary/aromatic N) is 4. The Hall–Kier alpha value is -3.71. The predicted octanol–water partition coefficient (Wildman–Crippen LogP) is 5.67. The molecule has 4 aromatic rings. The predicted molar refractivity (Wildman–Crippen MR) is 149 cm³/mol. The first-order chi connectivity index (χ1) is 17.5. The summed E-state index contributed by atoms with van der Waals surface area (Å²) in [6.07, 6.45) is 4.73. The quantitative estimate of drug-likeness (QED) is 0.242. The van der Waals surface area contributed by atoms with E-state index < -0.39 is 0 Å². The van der Waals surface area contributed by atoms with Crippen molar-refractivity contribution in [3.05, 3.63) is 107 Å². The normalized spacial score (nSPS) is 17.3. The van der Waals surface area contributed by atoms with E-state index in [0.29, 0.717) is 0 Å². The lowest BCUT2D eigenvalue weighted by molar-refractivity contribution is 0.315. The minimum Gasteiger partial charge on any atom is -0.385 e. The van der Waals surface area contributed by atoms with E-state index in [1.807, 2.05) is 42.7 Å². The molecule has 0 radical (unpaired) electrons. The smallest absolute Gasteiger partial charge is 0.170 e. The summed E-state index contributed by atoms with van der Waals surface area (Å²) in [5, 5.41) is 7.87. The molecular formula is C29H32N6S. The van der Waals surface area contributed by atoms with E-state index in [1.165, 1.54) is 11.3 Å². The summed E-state index contributed by atoms with van der Waals surface area (Å²) in [6.45, 7) is 8.09. The summed E-state index contributed by atoms with van der Waals surface area (Å²) in [6, 6.07) is 22.9. The fourth-order valence-corrected chi connectivity index (χ4v) is 5.39. The summed E-state index contributed by atoms with van der Waals surface area (Å²) in [4.78, 5) is 11.7. The number of aromatic nitrogens is 3. The molecule has 3 aromatic heterocycles. The molecule has 184 valence electrons. The Balaban J connectivity index is 1.45. The number of anilines is 1. The Labute approximate surface area is 218 Å². The number of pyridine rings is 2. The maximum atomic E-state index is 5.88. The molecule has 1 saturated heterocycles. The molecule has 1 aliphatic heterocycles. The highest BCUT2D eigenvalue weighted by Crippen LogP contribution is 2.41. The second-order valence-corrected chi connectivity index (χ2v) is 9.71. The van der Waals surface area contributed by atoms with Gasteiger partial charge >= 0.3 is 0 Å². The number of hydrogen-bond acceptors (Lipinski definition) is 4. The molecule has 2 atom stereocenters. The van der Waals surface area contributed by atoms with Gasteiger partial charge in [0, 0.05) is 42.6 Å². The van der Waals surface area contributed by atoms with E-state index in [2.05, 4.69) is 82.3 Å². The third kappa shape index (κ3) is 4.84. The van der Waals surface area contributed by atoms with E-state index >= 15 is 0 Å². The lowest BCUT2D eigenvalue weighted by atomic mass is 9.96. The maximum Gasteiger partial charge on any atom is 0.170 e. The van der Waals surface area contributed by atoms with Gasteiger partial charge in [0.25, 0.3) is 0 Å². The van der Waals surface area contributed by atoms with Gasteiger partial charge in [-0.2, -0.15) is 0 Å². The van der Waals surface area contributed by atoms with E-state index in [4.69, 9.17) is 17.2 Å². The van der Waals surface area contributed by atoms with E-state index in [9.17, 15) is 0 Å². The number of hydrogen-bond donors (Lipinski definition) is 2. The van der Waals surface area contributed by atoms with E-state index in [1.54, 1.807) is 0 Å². The zero-order chi connectivity index (χ0) is 25.1. The van der Waals surface area contributed by atoms with Gasteiger partial charge in [-0.05, 0) is 86.9 Å². The average Bonchev–Trinajstić information content (AvgIpc) is 3.38. The van der Waals surface area contributed by atoms with Gasteiger partial charge in [0.1, 0.15) is 5.82 Å². The fourth-order valence-electron chi connectivity index (χ4n) is 5.05. The van der Waals surface area contributed by atoms with Crippen molar-refractivity contribution in [1.29, 1.82) is 0 Å². The Morgan fingerprint density at radius 3 is 2.50 bits per heavy atom. The van der Waals surface area contributed by atoms with Gasteiger partial charge in [0.15, 0.2) is 5.11 Å². The molecule has 0 saturated carbocycles. The molecule has 4 heterocycles. The van der Waals surface area contributed by atoms with Crippen LogP contribution in [0.25, 0.3) is 5.82 Å². The molecule has 1 aliphatic rings. The first-order valence-electron chi connectivity index (χ1n) is 12.4. The molecule has 36 heavy (non-hydrogen) atoms. The van der Waals surface area contributed by atoms with Crippen molar-refractivity contribution in [3.8, 4) is 5.82 Å². The molecular weight excluding hydrogens is 464 g/mol. The number of aryl methyl sites for hydroxylation is 2.